The summed E-state index contributed by atoms with van der Waals surface area (Å²) < 4.78 is 18.9. The first-order valence-corrected chi connectivity index (χ1v) is 8.68. The quantitative estimate of drug-likeness (QED) is 0.741. The van der Waals surface area contributed by atoms with Crippen LogP contribution in [0.2, 0.25) is 5.02 Å². The number of carbonyl (C=O) groups excluding carboxylic acids is 1. The molecular weight excluding hydrogens is 371 g/mol. The number of rotatable bonds is 3. The van der Waals surface area contributed by atoms with Crippen LogP contribution in [0.25, 0.3) is 10.9 Å². The van der Waals surface area contributed by atoms with Gasteiger partial charge in [0.2, 0.25) is 0 Å². The minimum atomic E-state index is -0.465. The number of methoxy groups -OCH3 is 1. The van der Waals surface area contributed by atoms with Crippen LogP contribution >= 0.6 is 11.6 Å². The number of pyridine rings is 1. The van der Waals surface area contributed by atoms with Crippen molar-refractivity contribution in [2.75, 3.05) is 14.2 Å². The Kier molecular flexibility index (Phi) is 4.15. The lowest BCUT2D eigenvalue weighted by Gasteiger charge is -2.13. The maximum Gasteiger partial charge on any atom is 0.258 e. The minimum absolute atomic E-state index is 0.0656. The van der Waals surface area contributed by atoms with Crippen molar-refractivity contribution in [3.05, 3.63) is 63.6 Å². The minimum Gasteiger partial charge on any atom is -0.505 e. The summed E-state index contributed by atoms with van der Waals surface area (Å²) in [6.07, 6.45) is 2.11. The summed E-state index contributed by atoms with van der Waals surface area (Å²) in [4.78, 5) is 18.2. The van der Waals surface area contributed by atoms with Gasteiger partial charge in [-0.15, -0.1) is 0 Å². The molecular formula is C20H16ClFN2O3. The number of halogens is 2. The average Bonchev–Trinajstić information content (AvgIpc) is 2.94. The molecule has 7 heteroatoms. The highest BCUT2D eigenvalue weighted by Crippen LogP contribution is 2.43. The van der Waals surface area contributed by atoms with E-state index >= 15 is 0 Å². The van der Waals surface area contributed by atoms with Crippen LogP contribution in [-0.2, 0) is 13.0 Å². The van der Waals surface area contributed by atoms with Crippen molar-refractivity contribution in [2.45, 2.75) is 13.0 Å². The third-order valence-corrected chi connectivity index (χ3v) is 5.07. The second kappa shape index (κ2) is 6.39. The molecule has 138 valence electrons. The highest BCUT2D eigenvalue weighted by molar-refractivity contribution is 6.30. The Hall–Kier alpha value is -2.86. The fourth-order valence-electron chi connectivity index (χ4n) is 3.50. The lowest BCUT2D eigenvalue weighted by Crippen LogP contribution is -2.17. The molecule has 0 bridgehead atoms. The Labute approximate surface area is 160 Å². The van der Waals surface area contributed by atoms with Gasteiger partial charge in [0.05, 0.1) is 24.2 Å². The zero-order valence-corrected chi connectivity index (χ0v) is 15.5. The molecule has 1 aliphatic heterocycles. The van der Waals surface area contributed by atoms with Gasteiger partial charge in [-0.05, 0) is 35.7 Å². The molecule has 0 aliphatic carbocycles. The van der Waals surface area contributed by atoms with Gasteiger partial charge >= 0.3 is 0 Å². The molecule has 0 unspecified atom stereocenters. The number of phenols is 1. The maximum absolute atomic E-state index is 13.4. The van der Waals surface area contributed by atoms with Crippen LogP contribution < -0.4 is 4.74 Å². The van der Waals surface area contributed by atoms with Crippen molar-refractivity contribution < 1.29 is 19.0 Å². The highest BCUT2D eigenvalue weighted by atomic mass is 35.5. The first kappa shape index (κ1) is 17.5. The zero-order chi connectivity index (χ0) is 19.3. The van der Waals surface area contributed by atoms with Gasteiger partial charge in [0, 0.05) is 24.2 Å². The van der Waals surface area contributed by atoms with Gasteiger partial charge in [0.25, 0.3) is 5.91 Å². The number of phenolic OH excluding ortho intramolecular Hbond substituents is 1. The molecule has 1 aliphatic rings. The van der Waals surface area contributed by atoms with Gasteiger partial charge in [-0.2, -0.15) is 0 Å². The van der Waals surface area contributed by atoms with Gasteiger partial charge in [0.1, 0.15) is 17.1 Å². The van der Waals surface area contributed by atoms with Crippen LogP contribution in [0.5, 0.6) is 11.5 Å². The van der Waals surface area contributed by atoms with Gasteiger partial charge < -0.3 is 14.7 Å². The molecule has 0 radical (unpaired) electrons. The largest absolute Gasteiger partial charge is 0.505 e. The number of aromatic hydroxyl groups is 1. The van der Waals surface area contributed by atoms with E-state index in [0.29, 0.717) is 35.2 Å². The molecule has 2 heterocycles. The summed E-state index contributed by atoms with van der Waals surface area (Å²) >= 11 is 5.85. The number of hydrogen-bond acceptors (Lipinski definition) is 4. The standard InChI is InChI=1S/C20H16ClFN2O3/c1-24-9-13-16(20(24)26)18(25)17-12(19(13)27-2)6-11(8-23-17)5-10-3-4-15(22)14(21)7-10/h3-4,6-8,25H,5,9H2,1-2H3. The number of ether oxygens (including phenoxy) is 1. The Bertz CT molecular complexity index is 1100. The SMILES string of the molecule is COc1c2c(c(O)c3ncc(Cc4ccc(F)c(Cl)c4)cc13)C(=O)N(C)C2. The molecule has 0 fully saturated rings. The first-order chi connectivity index (χ1) is 12.9. The van der Waals surface area contributed by atoms with Gasteiger partial charge in [-0.3, -0.25) is 9.78 Å². The summed E-state index contributed by atoms with van der Waals surface area (Å²) in [5, 5.41) is 11.3. The van der Waals surface area contributed by atoms with E-state index in [1.165, 1.54) is 18.1 Å². The van der Waals surface area contributed by atoms with Crippen molar-refractivity contribution in [3.8, 4) is 11.5 Å². The molecule has 3 aromatic rings. The summed E-state index contributed by atoms with van der Waals surface area (Å²) in [7, 11) is 3.20. The smallest absolute Gasteiger partial charge is 0.258 e. The number of fused-ring (bicyclic) bond motifs is 2. The van der Waals surface area contributed by atoms with E-state index in [1.54, 1.807) is 25.4 Å². The molecule has 27 heavy (non-hydrogen) atoms. The third-order valence-electron chi connectivity index (χ3n) is 4.78. The Balaban J connectivity index is 1.85. The van der Waals surface area contributed by atoms with E-state index in [-0.39, 0.29) is 22.2 Å². The van der Waals surface area contributed by atoms with E-state index in [9.17, 15) is 14.3 Å². The average molecular weight is 387 g/mol. The van der Waals surface area contributed by atoms with Crippen molar-refractivity contribution in [1.29, 1.82) is 0 Å². The molecule has 1 N–H and O–H groups in total. The molecule has 0 spiro atoms. The van der Waals surface area contributed by atoms with Gasteiger partial charge in [-0.1, -0.05) is 17.7 Å². The van der Waals surface area contributed by atoms with Crippen LogP contribution in [0, 0.1) is 5.82 Å². The summed E-state index contributed by atoms with van der Waals surface area (Å²) in [5.41, 5.74) is 2.89. The van der Waals surface area contributed by atoms with Crippen molar-refractivity contribution in [3.63, 3.8) is 0 Å². The van der Waals surface area contributed by atoms with Crippen molar-refractivity contribution in [1.82, 2.24) is 9.88 Å². The molecule has 5 nitrogen and oxygen atoms in total. The third kappa shape index (κ3) is 2.77. The molecule has 4 rings (SSSR count). The number of nitrogens with zero attached hydrogens (tertiary/aromatic N) is 2. The van der Waals surface area contributed by atoms with E-state index < -0.39 is 5.82 Å². The number of amides is 1. The fraction of sp³-hybridized carbons (Fsp3) is 0.200. The van der Waals surface area contributed by atoms with E-state index in [1.807, 2.05) is 6.07 Å². The normalized spacial score (nSPS) is 13.3. The van der Waals surface area contributed by atoms with Crippen molar-refractivity contribution >= 4 is 28.4 Å². The second-order valence-corrected chi connectivity index (χ2v) is 6.97. The van der Waals surface area contributed by atoms with E-state index in [2.05, 4.69) is 4.98 Å². The van der Waals surface area contributed by atoms with Gasteiger partial charge in [0.15, 0.2) is 5.75 Å². The Morgan fingerprint density at radius 3 is 2.81 bits per heavy atom. The molecule has 2 aromatic carbocycles. The maximum atomic E-state index is 13.4. The number of carbonyl (C=O) groups is 1. The van der Waals surface area contributed by atoms with Gasteiger partial charge in [-0.25, -0.2) is 4.39 Å². The lowest BCUT2D eigenvalue weighted by atomic mass is 9.99. The first-order valence-electron chi connectivity index (χ1n) is 8.30. The van der Waals surface area contributed by atoms with Crippen LogP contribution in [0.15, 0.2) is 30.5 Å². The summed E-state index contributed by atoms with van der Waals surface area (Å²) in [6, 6.07) is 6.43. The second-order valence-electron chi connectivity index (χ2n) is 6.56. The van der Waals surface area contributed by atoms with Crippen LogP contribution in [-0.4, -0.2) is 35.1 Å². The van der Waals surface area contributed by atoms with Crippen LogP contribution in [0.1, 0.15) is 27.0 Å². The summed E-state index contributed by atoms with van der Waals surface area (Å²) in [6.45, 7) is 0.360. The van der Waals surface area contributed by atoms with Crippen LogP contribution in [0.4, 0.5) is 4.39 Å². The molecule has 1 amide bonds. The fourth-order valence-corrected chi connectivity index (χ4v) is 3.71. The Morgan fingerprint density at radius 2 is 2.11 bits per heavy atom. The number of aromatic nitrogens is 1. The molecule has 0 saturated heterocycles. The predicted octanol–water partition coefficient (Wildman–Crippen LogP) is 3.92. The monoisotopic (exact) mass is 386 g/mol. The van der Waals surface area contributed by atoms with Crippen LogP contribution in [0.3, 0.4) is 0 Å². The Morgan fingerprint density at radius 1 is 1.33 bits per heavy atom. The number of benzene rings is 2. The molecule has 0 saturated carbocycles. The zero-order valence-electron chi connectivity index (χ0n) is 14.7. The van der Waals surface area contributed by atoms with Crippen molar-refractivity contribution in [2.24, 2.45) is 0 Å². The lowest BCUT2D eigenvalue weighted by molar-refractivity contribution is 0.0814. The predicted molar refractivity (Wildman–Crippen MR) is 100.0 cm³/mol. The van der Waals surface area contributed by atoms with E-state index in [0.717, 1.165) is 11.1 Å². The van der Waals surface area contributed by atoms with E-state index in [4.69, 9.17) is 16.3 Å². The topological polar surface area (TPSA) is 62.7 Å². The molecule has 1 aromatic heterocycles. The highest BCUT2D eigenvalue weighted by Gasteiger charge is 2.33. The number of hydrogen-bond donors (Lipinski definition) is 1. The molecule has 0 atom stereocenters. The summed E-state index contributed by atoms with van der Waals surface area (Å²) in [5.74, 6) is -0.323.